The molecule has 2 aromatic rings. The van der Waals surface area contributed by atoms with Crippen LogP contribution in [-0.4, -0.2) is 31.7 Å². The predicted octanol–water partition coefficient (Wildman–Crippen LogP) is 1.49. The number of hydrogen-bond acceptors (Lipinski definition) is 6. The Morgan fingerprint density at radius 3 is 3.00 bits per heavy atom. The van der Waals surface area contributed by atoms with Crippen LogP contribution in [0.4, 0.5) is 5.95 Å². The number of aryl methyl sites for hydroxylation is 1. The lowest BCUT2D eigenvalue weighted by molar-refractivity contribution is 0.958. The van der Waals surface area contributed by atoms with Gasteiger partial charge in [-0.3, -0.25) is 5.10 Å². The number of nitrogens with zero attached hydrogens (tertiary/aromatic N) is 4. The van der Waals surface area contributed by atoms with E-state index in [0.29, 0.717) is 11.1 Å². The molecule has 0 bridgehead atoms. The van der Waals surface area contributed by atoms with Gasteiger partial charge >= 0.3 is 0 Å². The second kappa shape index (κ2) is 4.93. The number of aromatic amines is 1. The number of nitrogens with one attached hydrogen (secondary N) is 2. The fraction of sp³-hybridized carbons (Fsp3) is 0.333. The van der Waals surface area contributed by atoms with Crippen LogP contribution in [0.2, 0.25) is 0 Å². The smallest absolute Gasteiger partial charge is 0.223 e. The van der Waals surface area contributed by atoms with Crippen LogP contribution in [0.1, 0.15) is 12.7 Å². The Hall–Kier alpha value is -1.63. The minimum Gasteiger partial charge on any atom is -0.354 e. The topological polar surface area (TPSA) is 79.4 Å². The van der Waals surface area contributed by atoms with Crippen LogP contribution in [-0.2, 0) is 0 Å². The van der Waals surface area contributed by atoms with E-state index in [2.05, 4.69) is 30.5 Å². The van der Waals surface area contributed by atoms with Gasteiger partial charge in [-0.15, -0.1) is 5.10 Å². The Morgan fingerprint density at radius 1 is 1.44 bits per heavy atom. The molecule has 0 radical (unpaired) electrons. The highest BCUT2D eigenvalue weighted by atomic mass is 32.2. The van der Waals surface area contributed by atoms with Gasteiger partial charge in [0.25, 0.3) is 0 Å². The molecule has 6 nitrogen and oxygen atoms in total. The van der Waals surface area contributed by atoms with E-state index < -0.39 is 0 Å². The van der Waals surface area contributed by atoms with Gasteiger partial charge in [0.2, 0.25) is 11.1 Å². The van der Waals surface area contributed by atoms with E-state index in [4.69, 9.17) is 0 Å². The average Bonchev–Trinajstić information content (AvgIpc) is 2.65. The third-order valence-electron chi connectivity index (χ3n) is 1.74. The van der Waals surface area contributed by atoms with Gasteiger partial charge in [0.15, 0.2) is 0 Å². The van der Waals surface area contributed by atoms with Gasteiger partial charge in [-0.2, -0.15) is 0 Å². The summed E-state index contributed by atoms with van der Waals surface area (Å²) in [6.45, 7) is 4.66. The molecule has 0 aliphatic carbocycles. The Labute approximate surface area is 97.3 Å². The second-order valence-electron chi connectivity index (χ2n) is 3.05. The van der Waals surface area contributed by atoms with Gasteiger partial charge in [0, 0.05) is 12.7 Å². The number of rotatable bonds is 4. The average molecular weight is 236 g/mol. The molecule has 0 saturated carbocycles. The molecular formula is C9H12N6S. The summed E-state index contributed by atoms with van der Waals surface area (Å²) in [4.78, 5) is 12.6. The Morgan fingerprint density at radius 2 is 2.31 bits per heavy atom. The van der Waals surface area contributed by atoms with E-state index in [9.17, 15) is 0 Å². The van der Waals surface area contributed by atoms with Crippen molar-refractivity contribution in [3.63, 3.8) is 0 Å². The molecule has 0 atom stereocenters. The van der Waals surface area contributed by atoms with Crippen molar-refractivity contribution in [3.05, 3.63) is 18.1 Å². The fourth-order valence-electron chi connectivity index (χ4n) is 1.10. The molecule has 0 aliphatic rings. The maximum absolute atomic E-state index is 4.31. The van der Waals surface area contributed by atoms with E-state index in [0.717, 1.165) is 17.4 Å². The molecule has 0 aliphatic heterocycles. The highest BCUT2D eigenvalue weighted by Crippen LogP contribution is 2.22. The van der Waals surface area contributed by atoms with Crippen molar-refractivity contribution < 1.29 is 0 Å². The summed E-state index contributed by atoms with van der Waals surface area (Å²) in [5, 5.41) is 11.4. The van der Waals surface area contributed by atoms with E-state index >= 15 is 0 Å². The van der Waals surface area contributed by atoms with Crippen molar-refractivity contribution in [2.75, 3.05) is 11.9 Å². The minimum absolute atomic E-state index is 0.625. The molecular weight excluding hydrogens is 224 g/mol. The second-order valence-corrected chi connectivity index (χ2v) is 4.04. The van der Waals surface area contributed by atoms with Crippen molar-refractivity contribution in [2.24, 2.45) is 0 Å². The van der Waals surface area contributed by atoms with Crippen molar-refractivity contribution in [3.8, 4) is 0 Å². The zero-order valence-electron chi connectivity index (χ0n) is 9.06. The monoisotopic (exact) mass is 236 g/mol. The highest BCUT2D eigenvalue weighted by Gasteiger charge is 2.05. The van der Waals surface area contributed by atoms with Crippen LogP contribution >= 0.6 is 11.8 Å². The summed E-state index contributed by atoms with van der Waals surface area (Å²) < 4.78 is 0. The third kappa shape index (κ3) is 2.69. The highest BCUT2D eigenvalue weighted by molar-refractivity contribution is 7.99. The molecule has 2 N–H and O–H groups in total. The zero-order chi connectivity index (χ0) is 11.4. The number of hydrogen-bond donors (Lipinski definition) is 2. The van der Waals surface area contributed by atoms with Crippen LogP contribution in [0.25, 0.3) is 0 Å². The fourth-order valence-corrected chi connectivity index (χ4v) is 1.83. The summed E-state index contributed by atoms with van der Waals surface area (Å²) >= 11 is 1.40. The predicted molar refractivity (Wildman–Crippen MR) is 61.4 cm³/mol. The summed E-state index contributed by atoms with van der Waals surface area (Å²) in [5.74, 6) is 1.42. The van der Waals surface area contributed by atoms with Gasteiger partial charge < -0.3 is 5.32 Å². The first-order chi connectivity index (χ1) is 7.78. The summed E-state index contributed by atoms with van der Waals surface area (Å²) in [6, 6.07) is 1.83. The number of anilines is 1. The van der Waals surface area contributed by atoms with Crippen LogP contribution in [0.15, 0.2) is 22.4 Å². The normalized spacial score (nSPS) is 10.4. The van der Waals surface area contributed by atoms with Gasteiger partial charge in [0.1, 0.15) is 10.9 Å². The molecule has 0 fully saturated rings. The molecule has 2 aromatic heterocycles. The lowest BCUT2D eigenvalue weighted by Gasteiger charge is -2.01. The molecule has 7 heteroatoms. The lowest BCUT2D eigenvalue weighted by atomic mass is 10.6. The summed E-state index contributed by atoms with van der Waals surface area (Å²) in [5.41, 5.74) is 0. The van der Waals surface area contributed by atoms with E-state index in [-0.39, 0.29) is 0 Å². The molecule has 2 rings (SSSR count). The van der Waals surface area contributed by atoms with Crippen LogP contribution in [0, 0.1) is 6.92 Å². The molecule has 2 heterocycles. The van der Waals surface area contributed by atoms with E-state index in [1.807, 2.05) is 19.9 Å². The van der Waals surface area contributed by atoms with Gasteiger partial charge in [0.05, 0.1) is 0 Å². The van der Waals surface area contributed by atoms with Gasteiger partial charge in [-0.05, 0) is 31.7 Å². The Kier molecular flexibility index (Phi) is 3.35. The van der Waals surface area contributed by atoms with Gasteiger partial charge in [-0.1, -0.05) is 0 Å². The summed E-state index contributed by atoms with van der Waals surface area (Å²) in [7, 11) is 0. The zero-order valence-corrected chi connectivity index (χ0v) is 9.88. The maximum atomic E-state index is 4.31. The van der Waals surface area contributed by atoms with Crippen molar-refractivity contribution in [1.82, 2.24) is 25.1 Å². The summed E-state index contributed by atoms with van der Waals surface area (Å²) in [6.07, 6.45) is 1.72. The molecule has 84 valence electrons. The standard InChI is InChI=1S/C9H12N6S/c1-3-10-8-11-5-4-7(13-8)16-9-12-6(2)14-15-9/h4-5H,3H2,1-2H3,(H,10,11,13)(H,12,14,15). The molecule has 0 saturated heterocycles. The van der Waals surface area contributed by atoms with E-state index in [1.54, 1.807) is 6.20 Å². The van der Waals surface area contributed by atoms with Crippen molar-refractivity contribution in [1.29, 1.82) is 0 Å². The quantitative estimate of drug-likeness (QED) is 0.783. The molecule has 0 aromatic carbocycles. The lowest BCUT2D eigenvalue weighted by Crippen LogP contribution is -2.01. The first-order valence-electron chi connectivity index (χ1n) is 4.91. The molecule has 16 heavy (non-hydrogen) atoms. The Balaban J connectivity index is 2.12. The minimum atomic E-state index is 0.625. The first kappa shape index (κ1) is 10.9. The van der Waals surface area contributed by atoms with Crippen molar-refractivity contribution in [2.45, 2.75) is 24.0 Å². The largest absolute Gasteiger partial charge is 0.354 e. The van der Waals surface area contributed by atoms with Crippen LogP contribution in [0.5, 0.6) is 0 Å². The van der Waals surface area contributed by atoms with Crippen LogP contribution < -0.4 is 5.32 Å². The molecule has 0 spiro atoms. The molecule has 0 unspecified atom stereocenters. The first-order valence-corrected chi connectivity index (χ1v) is 5.73. The Bertz CT molecular complexity index is 469. The third-order valence-corrected chi connectivity index (χ3v) is 2.54. The number of H-pyrrole nitrogens is 1. The SMILES string of the molecule is CCNc1nccc(Sc2n[nH]c(C)n2)n1. The maximum Gasteiger partial charge on any atom is 0.223 e. The van der Waals surface area contributed by atoms with Crippen LogP contribution in [0.3, 0.4) is 0 Å². The van der Waals surface area contributed by atoms with Gasteiger partial charge in [-0.25, -0.2) is 15.0 Å². The van der Waals surface area contributed by atoms with E-state index in [1.165, 1.54) is 11.8 Å². The molecule has 0 amide bonds. The number of aromatic nitrogens is 5. The van der Waals surface area contributed by atoms with Crippen molar-refractivity contribution >= 4 is 17.7 Å².